The quantitative estimate of drug-likeness (QED) is 0.758. The van der Waals surface area contributed by atoms with Crippen LogP contribution in [0, 0.1) is 5.92 Å². The van der Waals surface area contributed by atoms with Gasteiger partial charge in [-0.25, -0.2) is 4.79 Å². The highest BCUT2D eigenvalue weighted by Crippen LogP contribution is 2.35. The van der Waals surface area contributed by atoms with E-state index in [0.717, 1.165) is 23.4 Å². The highest BCUT2D eigenvalue weighted by Gasteiger charge is 2.53. The van der Waals surface area contributed by atoms with Crippen molar-refractivity contribution >= 4 is 17.8 Å². The first-order valence-corrected chi connectivity index (χ1v) is 10.3. The number of rotatable bonds is 4. The van der Waals surface area contributed by atoms with Gasteiger partial charge >= 0.3 is 6.03 Å². The molecule has 1 aromatic rings. The number of nitrogens with one attached hydrogen (secondary N) is 2. The number of urea groups is 1. The van der Waals surface area contributed by atoms with Gasteiger partial charge in [0.25, 0.3) is 11.8 Å². The molecule has 0 bridgehead atoms. The third-order valence-corrected chi connectivity index (χ3v) is 5.91. The second-order valence-corrected chi connectivity index (χ2v) is 9.35. The molecule has 4 amide bonds. The number of amides is 4. The van der Waals surface area contributed by atoms with E-state index in [1.807, 2.05) is 24.3 Å². The van der Waals surface area contributed by atoms with E-state index < -0.39 is 23.6 Å². The minimum absolute atomic E-state index is 0.0257. The smallest absolute Gasteiger partial charge is 0.344 e. The summed E-state index contributed by atoms with van der Waals surface area (Å²) in [4.78, 5) is 37.7. The van der Waals surface area contributed by atoms with Crippen LogP contribution in [0.4, 0.5) is 4.79 Å². The van der Waals surface area contributed by atoms with Crippen LogP contribution in [0.5, 0.6) is 5.75 Å². The number of benzene rings is 1. The van der Waals surface area contributed by atoms with E-state index in [9.17, 15) is 14.4 Å². The van der Waals surface area contributed by atoms with Gasteiger partial charge in [0.05, 0.1) is 0 Å². The predicted molar refractivity (Wildman–Crippen MR) is 109 cm³/mol. The number of hydrazine groups is 1. The third-order valence-electron chi connectivity index (χ3n) is 5.91. The molecule has 1 unspecified atom stereocenters. The van der Waals surface area contributed by atoms with Gasteiger partial charge in [-0.2, -0.15) is 5.01 Å². The van der Waals surface area contributed by atoms with Gasteiger partial charge in [-0.1, -0.05) is 39.8 Å². The first-order valence-electron chi connectivity index (χ1n) is 10.3. The highest BCUT2D eigenvalue weighted by atomic mass is 16.5. The first kappa shape index (κ1) is 21.1. The maximum absolute atomic E-state index is 12.8. The molecule has 1 aromatic carbocycles. The topological polar surface area (TPSA) is 87.7 Å². The van der Waals surface area contributed by atoms with Crippen molar-refractivity contribution in [3.8, 4) is 5.75 Å². The van der Waals surface area contributed by atoms with Gasteiger partial charge in [0.15, 0.2) is 6.10 Å². The fourth-order valence-electron chi connectivity index (χ4n) is 3.81. The number of carbonyl (C=O) groups excluding carboxylic acids is 3. The van der Waals surface area contributed by atoms with Crippen LogP contribution in [0.2, 0.25) is 0 Å². The van der Waals surface area contributed by atoms with Crippen LogP contribution < -0.4 is 15.5 Å². The second kappa shape index (κ2) is 7.69. The van der Waals surface area contributed by atoms with Gasteiger partial charge in [-0.15, -0.1) is 0 Å². The summed E-state index contributed by atoms with van der Waals surface area (Å²) in [6, 6.07) is 6.97. The van der Waals surface area contributed by atoms with Crippen LogP contribution in [0.15, 0.2) is 24.3 Å². The Morgan fingerprint density at radius 2 is 1.79 bits per heavy atom. The van der Waals surface area contributed by atoms with Crippen molar-refractivity contribution < 1.29 is 19.1 Å². The van der Waals surface area contributed by atoms with Crippen molar-refractivity contribution in [3.05, 3.63) is 29.8 Å². The van der Waals surface area contributed by atoms with Crippen molar-refractivity contribution in [3.63, 3.8) is 0 Å². The van der Waals surface area contributed by atoms with Crippen LogP contribution in [-0.2, 0) is 15.0 Å². The van der Waals surface area contributed by atoms with Crippen molar-refractivity contribution in [2.45, 2.75) is 77.4 Å². The van der Waals surface area contributed by atoms with Crippen LogP contribution >= 0.6 is 0 Å². The summed E-state index contributed by atoms with van der Waals surface area (Å²) in [5.74, 6) is 0.154. The minimum atomic E-state index is -0.885. The normalized spacial score (nSPS) is 25.7. The highest BCUT2D eigenvalue weighted by molar-refractivity contribution is 6.08. The molecule has 7 nitrogen and oxygen atoms in total. The predicted octanol–water partition coefficient (Wildman–Crippen LogP) is 3.28. The number of hydrogen-bond acceptors (Lipinski definition) is 4. The van der Waals surface area contributed by atoms with Crippen LogP contribution in [-0.4, -0.2) is 34.5 Å². The number of carbonyl (C=O) groups is 3. The van der Waals surface area contributed by atoms with E-state index >= 15 is 0 Å². The maximum atomic E-state index is 12.8. The number of imide groups is 1. The summed E-state index contributed by atoms with van der Waals surface area (Å²) >= 11 is 0. The van der Waals surface area contributed by atoms with E-state index in [1.165, 1.54) is 0 Å². The summed E-state index contributed by atoms with van der Waals surface area (Å²) in [6.07, 6.45) is 2.07. The summed E-state index contributed by atoms with van der Waals surface area (Å²) < 4.78 is 5.69. The average molecular weight is 402 g/mol. The molecule has 7 heteroatoms. The standard InChI is InChI=1S/C22H31N3O4/c1-14-10-12-22(13-11-14)19(27)25(20(28)23-22)24-18(26)15(2)29-17-8-6-16(7-9-17)21(3,4)5/h6-9,14-15H,10-13H2,1-5H3,(H,23,28)(H,24,26). The van der Waals surface area contributed by atoms with Crippen molar-refractivity contribution in [1.29, 1.82) is 0 Å². The van der Waals surface area contributed by atoms with E-state index in [-0.39, 0.29) is 11.3 Å². The van der Waals surface area contributed by atoms with Gasteiger partial charge in [-0.3, -0.25) is 15.0 Å². The Hall–Kier alpha value is -2.57. The van der Waals surface area contributed by atoms with Crippen LogP contribution in [0.3, 0.4) is 0 Å². The van der Waals surface area contributed by atoms with Crippen LogP contribution in [0.25, 0.3) is 0 Å². The Morgan fingerprint density at radius 1 is 1.21 bits per heavy atom. The molecule has 2 fully saturated rings. The van der Waals surface area contributed by atoms with E-state index in [2.05, 4.69) is 38.4 Å². The molecule has 2 aliphatic rings. The summed E-state index contributed by atoms with van der Waals surface area (Å²) in [7, 11) is 0. The third kappa shape index (κ3) is 4.38. The lowest BCUT2D eigenvalue weighted by molar-refractivity contribution is -0.142. The molecule has 2 N–H and O–H groups in total. The zero-order chi connectivity index (χ0) is 21.4. The van der Waals surface area contributed by atoms with E-state index in [0.29, 0.717) is 24.5 Å². The molecule has 0 radical (unpaired) electrons. The zero-order valence-electron chi connectivity index (χ0n) is 17.9. The van der Waals surface area contributed by atoms with Gasteiger partial charge in [-0.05, 0) is 61.6 Å². The average Bonchev–Trinajstić information content (AvgIpc) is 2.88. The fraction of sp³-hybridized carbons (Fsp3) is 0.591. The molecule has 1 spiro atoms. The number of nitrogens with zero attached hydrogens (tertiary/aromatic N) is 1. The molecule has 1 heterocycles. The Kier molecular flexibility index (Phi) is 5.61. The molecule has 0 aromatic heterocycles. The van der Waals surface area contributed by atoms with Gasteiger partial charge in [0, 0.05) is 0 Å². The second-order valence-electron chi connectivity index (χ2n) is 9.35. The lowest BCUT2D eigenvalue weighted by atomic mass is 9.77. The van der Waals surface area contributed by atoms with Gasteiger partial charge in [0.1, 0.15) is 11.3 Å². The molecular weight excluding hydrogens is 370 g/mol. The molecule has 1 saturated heterocycles. The Balaban J connectivity index is 1.61. The fourth-order valence-corrected chi connectivity index (χ4v) is 3.81. The molecular formula is C22H31N3O4. The Labute approximate surface area is 172 Å². The van der Waals surface area contributed by atoms with Crippen LogP contribution in [0.1, 0.15) is 65.9 Å². The zero-order valence-corrected chi connectivity index (χ0v) is 17.9. The van der Waals surface area contributed by atoms with Crippen molar-refractivity contribution in [2.24, 2.45) is 5.92 Å². The van der Waals surface area contributed by atoms with Crippen molar-refractivity contribution in [1.82, 2.24) is 15.8 Å². The molecule has 158 valence electrons. The molecule has 3 rings (SSSR count). The lowest BCUT2D eigenvalue weighted by Crippen LogP contribution is -2.53. The largest absolute Gasteiger partial charge is 0.481 e. The van der Waals surface area contributed by atoms with E-state index in [4.69, 9.17) is 4.74 Å². The summed E-state index contributed by atoms with van der Waals surface area (Å²) in [6.45, 7) is 10.1. The number of hydrogen-bond donors (Lipinski definition) is 2. The molecule has 1 saturated carbocycles. The van der Waals surface area contributed by atoms with E-state index in [1.54, 1.807) is 6.92 Å². The Morgan fingerprint density at radius 3 is 2.34 bits per heavy atom. The molecule has 29 heavy (non-hydrogen) atoms. The van der Waals surface area contributed by atoms with Gasteiger partial charge in [0.2, 0.25) is 0 Å². The monoisotopic (exact) mass is 401 g/mol. The maximum Gasteiger partial charge on any atom is 0.344 e. The minimum Gasteiger partial charge on any atom is -0.481 e. The number of ether oxygens (including phenoxy) is 1. The first-order chi connectivity index (χ1) is 13.5. The van der Waals surface area contributed by atoms with Crippen molar-refractivity contribution in [2.75, 3.05) is 0 Å². The summed E-state index contributed by atoms with van der Waals surface area (Å²) in [5.41, 5.74) is 2.73. The molecule has 1 aliphatic heterocycles. The lowest BCUT2D eigenvalue weighted by Gasteiger charge is -2.33. The molecule has 1 atom stereocenters. The van der Waals surface area contributed by atoms with Gasteiger partial charge < -0.3 is 10.1 Å². The SMILES string of the molecule is CC1CCC2(CC1)NC(=O)N(NC(=O)C(C)Oc1ccc(C(C)(C)C)cc1)C2=O. The molecule has 1 aliphatic carbocycles. The Bertz CT molecular complexity index is 789. The summed E-state index contributed by atoms with van der Waals surface area (Å²) in [5, 5.41) is 3.59.